The Bertz CT molecular complexity index is 1950. The van der Waals surface area contributed by atoms with Crippen molar-refractivity contribution in [1.82, 2.24) is 20.2 Å². The molecule has 0 aliphatic carbocycles. The smallest absolute Gasteiger partial charge is 0.405 e. The van der Waals surface area contributed by atoms with Crippen molar-refractivity contribution in [3.8, 4) is 22.5 Å². The van der Waals surface area contributed by atoms with Crippen molar-refractivity contribution in [3.63, 3.8) is 0 Å². The summed E-state index contributed by atoms with van der Waals surface area (Å²) in [6.07, 6.45) is -10.1. The van der Waals surface area contributed by atoms with Crippen LogP contribution in [0.5, 0.6) is 0 Å². The second-order valence-electron chi connectivity index (χ2n) is 12.7. The maximum Gasteiger partial charge on any atom is 0.416 e. The molecule has 0 bridgehead atoms. The molecule has 15 heteroatoms. The molecule has 2 radical (unpaired) electrons. The minimum Gasteiger partial charge on any atom is -0.405 e. The Balaban J connectivity index is 1.70. The van der Waals surface area contributed by atoms with Crippen LogP contribution in [0.4, 0.5) is 26.3 Å². The Morgan fingerprint density at radius 2 is 1.47 bits per heavy atom. The van der Waals surface area contributed by atoms with Gasteiger partial charge in [-0.2, -0.15) is 26.3 Å². The number of hydrogen-bond donors (Lipinski definition) is 0. The molecule has 0 fully saturated rings. The van der Waals surface area contributed by atoms with Crippen LogP contribution < -0.4 is 0 Å². The van der Waals surface area contributed by atoms with E-state index in [1.165, 1.54) is 0 Å². The van der Waals surface area contributed by atoms with E-state index in [1.807, 2.05) is 20.8 Å². The van der Waals surface area contributed by atoms with Crippen LogP contribution in [-0.2, 0) is 28.9 Å². The maximum absolute atomic E-state index is 14.7. The molecule has 2 heterocycles. The third-order valence-electron chi connectivity index (χ3n) is 7.18. The minimum absolute atomic E-state index is 0.0166. The van der Waals surface area contributed by atoms with Crippen LogP contribution in [-0.4, -0.2) is 35.7 Å². The van der Waals surface area contributed by atoms with E-state index >= 15 is 0 Å². The van der Waals surface area contributed by atoms with Gasteiger partial charge in [-0.25, -0.2) is 4.68 Å². The summed E-state index contributed by atoms with van der Waals surface area (Å²) in [5.41, 5.74) is -3.93. The summed E-state index contributed by atoms with van der Waals surface area (Å²) in [6.45, 7) is 8.79. The van der Waals surface area contributed by atoms with Crippen LogP contribution in [0.25, 0.3) is 22.5 Å². The van der Waals surface area contributed by atoms with Crippen molar-refractivity contribution in [2.45, 2.75) is 64.2 Å². The molecular formula is C34H29ClF6N4O3Si. The maximum atomic E-state index is 14.7. The first-order valence-corrected chi connectivity index (χ1v) is 16.1. The van der Waals surface area contributed by atoms with Crippen LogP contribution in [0.3, 0.4) is 0 Å². The first-order valence-electron chi connectivity index (χ1n) is 14.8. The molecule has 0 atom stereocenters. The zero-order valence-corrected chi connectivity index (χ0v) is 28.6. The molecule has 5 aromatic rings. The van der Waals surface area contributed by atoms with Crippen LogP contribution in [0, 0.1) is 0 Å². The Morgan fingerprint density at radius 1 is 0.878 bits per heavy atom. The van der Waals surface area contributed by atoms with E-state index in [-0.39, 0.29) is 59.9 Å². The molecule has 7 nitrogen and oxygen atoms in total. The highest BCUT2D eigenvalue weighted by Crippen LogP contribution is 2.41. The van der Waals surface area contributed by atoms with Crippen LogP contribution in [0.1, 0.15) is 73.1 Å². The lowest BCUT2D eigenvalue weighted by molar-refractivity contribution is -0.143. The van der Waals surface area contributed by atoms with Crippen LogP contribution in [0.15, 0.2) is 77.3 Å². The van der Waals surface area contributed by atoms with Gasteiger partial charge in [0.25, 0.3) is 0 Å². The molecule has 3 aromatic carbocycles. The molecule has 0 N–H and O–H groups in total. The molecule has 5 rings (SSSR count). The SMILES string of the molecule is CC(C)(C)[Si]OC(C)(C)c1onc(-c2ccccc2Cl)c1C(=O)c1nnn(Cc2cc(C(F)(F)F)cc(C(F)(F)F)c2)c1-c1ccccc1. The van der Waals surface area contributed by atoms with Gasteiger partial charge in [0.05, 0.1) is 28.3 Å². The number of halogens is 7. The van der Waals surface area contributed by atoms with E-state index in [0.717, 1.165) is 4.68 Å². The largest absolute Gasteiger partial charge is 0.416 e. The van der Waals surface area contributed by atoms with E-state index in [9.17, 15) is 31.1 Å². The number of hydrogen-bond acceptors (Lipinski definition) is 6. The van der Waals surface area contributed by atoms with E-state index in [2.05, 4.69) is 15.5 Å². The van der Waals surface area contributed by atoms with Gasteiger partial charge in [-0.3, -0.25) is 4.79 Å². The second-order valence-corrected chi connectivity index (χ2v) is 15.0. The summed E-state index contributed by atoms with van der Waals surface area (Å²) in [4.78, 5) is 14.7. The summed E-state index contributed by atoms with van der Waals surface area (Å²) in [7, 11) is -0.0166. The summed E-state index contributed by atoms with van der Waals surface area (Å²) < 4.78 is 95.1. The summed E-state index contributed by atoms with van der Waals surface area (Å²) >= 11 is 6.52. The first kappa shape index (κ1) is 36.0. The third kappa shape index (κ3) is 7.97. The standard InChI is InChI=1S/C34H29ClF6N4O3Si/c1-31(2,3)49-48-32(4,5)30-25(26(43-47-30)23-13-9-10-14-24(23)35)29(46)27-28(20-11-7-6-8-12-20)45(44-42-27)18-19-15-21(33(36,37)38)17-22(16-19)34(39,40)41/h6-17H,18H2,1-5H3. The highest BCUT2D eigenvalue weighted by Gasteiger charge is 2.40. The fourth-order valence-corrected chi connectivity index (χ4v) is 5.82. The van der Waals surface area contributed by atoms with Crippen molar-refractivity contribution >= 4 is 27.1 Å². The molecule has 0 spiro atoms. The Hall–Kier alpha value is -4.27. The number of rotatable bonds is 9. The molecule has 256 valence electrons. The monoisotopic (exact) mass is 718 g/mol. The quantitative estimate of drug-likeness (QED) is 0.0858. The average Bonchev–Trinajstić information content (AvgIpc) is 3.65. The van der Waals surface area contributed by atoms with Gasteiger partial charge in [-0.1, -0.05) is 91.3 Å². The lowest BCUT2D eigenvalue weighted by Gasteiger charge is -2.27. The Morgan fingerprint density at radius 3 is 2.04 bits per heavy atom. The summed E-state index contributed by atoms with van der Waals surface area (Å²) in [5.74, 6) is -0.669. The number of carbonyl (C=O) groups excluding carboxylic acids is 1. The molecule has 0 amide bonds. The van der Waals surface area contributed by atoms with E-state index in [4.69, 9.17) is 20.6 Å². The van der Waals surface area contributed by atoms with Gasteiger partial charge in [0, 0.05) is 11.1 Å². The number of aromatic nitrogens is 4. The molecule has 0 unspecified atom stereocenters. The summed E-state index contributed by atoms with van der Waals surface area (Å²) in [5, 5.41) is 12.4. The van der Waals surface area contributed by atoms with Gasteiger partial charge in [0.1, 0.15) is 17.0 Å². The minimum atomic E-state index is -5.05. The van der Waals surface area contributed by atoms with Crippen molar-refractivity contribution in [3.05, 3.63) is 112 Å². The molecular weight excluding hydrogens is 690 g/mol. The molecule has 0 aliphatic heterocycles. The Labute approximate surface area is 285 Å². The zero-order valence-electron chi connectivity index (χ0n) is 26.8. The number of ketones is 1. The van der Waals surface area contributed by atoms with Gasteiger partial charge < -0.3 is 8.95 Å². The third-order valence-corrected chi connectivity index (χ3v) is 8.74. The molecule has 2 aromatic heterocycles. The first-order chi connectivity index (χ1) is 22.8. The lowest BCUT2D eigenvalue weighted by atomic mass is 9.93. The second kappa shape index (κ2) is 13.2. The predicted molar refractivity (Wildman–Crippen MR) is 171 cm³/mol. The van der Waals surface area contributed by atoms with Crippen LogP contribution >= 0.6 is 11.6 Å². The van der Waals surface area contributed by atoms with Gasteiger partial charge in [-0.15, -0.1) is 5.10 Å². The van der Waals surface area contributed by atoms with Crippen molar-refractivity contribution in [1.29, 1.82) is 0 Å². The molecule has 0 saturated heterocycles. The normalized spacial score (nSPS) is 12.8. The molecule has 0 aliphatic rings. The predicted octanol–water partition coefficient (Wildman–Crippen LogP) is 9.66. The summed E-state index contributed by atoms with van der Waals surface area (Å²) in [6, 6.07) is 16.1. The fraction of sp³-hybridized carbons (Fsp3) is 0.294. The van der Waals surface area contributed by atoms with Crippen molar-refractivity contribution < 1.29 is 40.1 Å². The fourth-order valence-electron chi connectivity index (χ4n) is 4.94. The number of carbonyl (C=O) groups is 1. The van der Waals surface area contributed by atoms with E-state index in [1.54, 1.807) is 68.4 Å². The Kier molecular flexibility index (Phi) is 9.71. The highest BCUT2D eigenvalue weighted by molar-refractivity contribution is 6.33. The van der Waals surface area contributed by atoms with Gasteiger partial charge in [0.2, 0.25) is 15.5 Å². The van der Waals surface area contributed by atoms with E-state index < -0.39 is 41.4 Å². The van der Waals surface area contributed by atoms with Crippen molar-refractivity contribution in [2.24, 2.45) is 0 Å². The number of nitrogens with zero attached hydrogens (tertiary/aromatic N) is 4. The zero-order chi connectivity index (χ0) is 35.9. The van der Waals surface area contributed by atoms with Crippen molar-refractivity contribution in [2.75, 3.05) is 0 Å². The van der Waals surface area contributed by atoms with Gasteiger partial charge in [-0.05, 0) is 48.7 Å². The lowest BCUT2D eigenvalue weighted by Crippen LogP contribution is -2.29. The van der Waals surface area contributed by atoms with Gasteiger partial charge >= 0.3 is 12.4 Å². The molecule has 49 heavy (non-hydrogen) atoms. The van der Waals surface area contributed by atoms with E-state index in [0.29, 0.717) is 23.3 Å². The average molecular weight is 719 g/mol. The highest BCUT2D eigenvalue weighted by atomic mass is 35.5. The van der Waals surface area contributed by atoms with Gasteiger partial charge in [0.15, 0.2) is 11.5 Å². The molecule has 0 saturated carbocycles. The number of alkyl halides is 6. The number of benzene rings is 3. The topological polar surface area (TPSA) is 83.0 Å². The van der Waals surface area contributed by atoms with Crippen LogP contribution in [0.2, 0.25) is 10.1 Å².